The molecule has 0 spiro atoms. The number of rotatable bonds is 4. The van der Waals surface area contributed by atoms with Crippen LogP contribution in [0.2, 0.25) is 5.02 Å². The molecule has 6 nitrogen and oxygen atoms in total. The molecule has 0 aliphatic rings. The highest BCUT2D eigenvalue weighted by molar-refractivity contribution is 6.47. The van der Waals surface area contributed by atoms with Crippen LogP contribution in [0.4, 0.5) is 5.69 Å². The number of alkyl halides is 1. The van der Waals surface area contributed by atoms with E-state index in [0.717, 1.165) is 6.07 Å². The van der Waals surface area contributed by atoms with Gasteiger partial charge in [-0.2, -0.15) is 0 Å². The van der Waals surface area contributed by atoms with E-state index < -0.39 is 27.7 Å². The van der Waals surface area contributed by atoms with Crippen molar-refractivity contribution in [3.63, 3.8) is 0 Å². The summed E-state index contributed by atoms with van der Waals surface area (Å²) in [5.41, 5.74) is -0.428. The fourth-order valence-electron chi connectivity index (χ4n) is 1.09. The lowest BCUT2D eigenvalue weighted by atomic mass is 10.1. The average molecular weight is 278 g/mol. The van der Waals surface area contributed by atoms with Crippen molar-refractivity contribution in [2.24, 2.45) is 0 Å². The lowest BCUT2D eigenvalue weighted by Gasteiger charge is -2.06. The van der Waals surface area contributed by atoms with Crippen LogP contribution in [-0.2, 0) is 9.59 Å². The molecule has 0 fully saturated rings. The van der Waals surface area contributed by atoms with Gasteiger partial charge in [0.1, 0.15) is 10.4 Å². The molecule has 90 valence electrons. The second kappa shape index (κ2) is 5.11. The Labute approximate surface area is 105 Å². The van der Waals surface area contributed by atoms with Gasteiger partial charge in [0.05, 0.1) is 4.92 Å². The zero-order chi connectivity index (χ0) is 13.2. The summed E-state index contributed by atoms with van der Waals surface area (Å²) in [6.45, 7) is 0. The van der Waals surface area contributed by atoms with Crippen LogP contribution in [0.3, 0.4) is 0 Å². The maximum Gasteiger partial charge on any atom is 0.374 e. The number of carbonyl (C=O) groups is 2. The number of nitro groups is 1. The van der Waals surface area contributed by atoms with Crippen molar-refractivity contribution in [1.82, 2.24) is 0 Å². The van der Waals surface area contributed by atoms with Crippen molar-refractivity contribution in [2.75, 3.05) is 0 Å². The van der Waals surface area contributed by atoms with E-state index in [-0.39, 0.29) is 10.6 Å². The Hall–Kier alpha value is -1.66. The summed E-state index contributed by atoms with van der Waals surface area (Å²) < 4.78 is 0. The molecule has 0 saturated carbocycles. The second-order valence-corrected chi connectivity index (χ2v) is 3.84. The number of halogens is 2. The molecular formula is C9H5Cl2NO5. The molecule has 1 N–H and O–H groups in total. The van der Waals surface area contributed by atoms with Gasteiger partial charge in [-0.1, -0.05) is 17.7 Å². The number of aliphatic carboxylic acids is 1. The molecule has 1 aromatic rings. The molecule has 0 bridgehead atoms. The van der Waals surface area contributed by atoms with Gasteiger partial charge in [-0.3, -0.25) is 14.9 Å². The zero-order valence-electron chi connectivity index (χ0n) is 8.09. The van der Waals surface area contributed by atoms with E-state index in [4.69, 9.17) is 28.3 Å². The Morgan fingerprint density at radius 2 is 2.00 bits per heavy atom. The molecule has 1 atom stereocenters. The number of nitro benzene ring substituents is 1. The first-order chi connectivity index (χ1) is 7.84. The van der Waals surface area contributed by atoms with Crippen molar-refractivity contribution < 1.29 is 19.6 Å². The van der Waals surface area contributed by atoms with Crippen LogP contribution >= 0.6 is 23.2 Å². The smallest absolute Gasteiger partial charge is 0.374 e. The number of carboxylic acids is 1. The fourth-order valence-corrected chi connectivity index (χ4v) is 1.50. The summed E-state index contributed by atoms with van der Waals surface area (Å²) >= 11 is 11.1. The number of benzene rings is 1. The predicted octanol–water partition coefficient (Wildman–Crippen LogP) is 2.18. The molecule has 0 heterocycles. The van der Waals surface area contributed by atoms with Gasteiger partial charge in [0.25, 0.3) is 11.5 Å². The molecule has 17 heavy (non-hydrogen) atoms. The third kappa shape index (κ3) is 2.92. The standard InChI is InChI=1S/C9H5Cl2NO5/c10-5-2-1-4(3-6(5)12(16)17)7(11)8(13)9(14)15/h1-3,7H,(H,14,15). The largest absolute Gasteiger partial charge is 0.475 e. The van der Waals surface area contributed by atoms with Crippen molar-refractivity contribution in [3.8, 4) is 0 Å². The Morgan fingerprint density at radius 1 is 1.41 bits per heavy atom. The van der Waals surface area contributed by atoms with Gasteiger partial charge < -0.3 is 5.11 Å². The number of carbonyl (C=O) groups excluding carboxylic acids is 1. The Balaban J connectivity index is 3.16. The summed E-state index contributed by atoms with van der Waals surface area (Å²) in [4.78, 5) is 31.3. The van der Waals surface area contributed by atoms with E-state index in [2.05, 4.69) is 0 Å². The number of hydrogen-bond donors (Lipinski definition) is 1. The lowest BCUT2D eigenvalue weighted by molar-refractivity contribution is -0.384. The molecule has 1 rings (SSSR count). The van der Waals surface area contributed by atoms with Crippen LogP contribution in [0.25, 0.3) is 0 Å². The maximum absolute atomic E-state index is 11.1. The summed E-state index contributed by atoms with van der Waals surface area (Å²) in [6, 6.07) is 3.41. The Morgan fingerprint density at radius 3 is 2.47 bits per heavy atom. The highest BCUT2D eigenvalue weighted by Crippen LogP contribution is 2.30. The molecule has 0 saturated heterocycles. The van der Waals surface area contributed by atoms with Crippen molar-refractivity contribution in [1.29, 1.82) is 0 Å². The van der Waals surface area contributed by atoms with E-state index >= 15 is 0 Å². The Bertz CT molecular complexity index is 502. The van der Waals surface area contributed by atoms with Crippen LogP contribution in [0.5, 0.6) is 0 Å². The second-order valence-electron chi connectivity index (χ2n) is 3.00. The van der Waals surface area contributed by atoms with Crippen molar-refractivity contribution in [3.05, 3.63) is 38.9 Å². The van der Waals surface area contributed by atoms with Gasteiger partial charge in [0.15, 0.2) is 0 Å². The van der Waals surface area contributed by atoms with Gasteiger partial charge in [0.2, 0.25) is 0 Å². The maximum atomic E-state index is 11.1. The Kier molecular flexibility index (Phi) is 4.03. The van der Waals surface area contributed by atoms with E-state index in [1.807, 2.05) is 0 Å². The summed E-state index contributed by atoms with van der Waals surface area (Å²) in [7, 11) is 0. The topological polar surface area (TPSA) is 97.5 Å². The summed E-state index contributed by atoms with van der Waals surface area (Å²) in [5, 5.41) is 17.4. The first-order valence-corrected chi connectivity index (χ1v) is 5.01. The monoisotopic (exact) mass is 277 g/mol. The number of nitrogens with zero attached hydrogens (tertiary/aromatic N) is 1. The minimum absolute atomic E-state index is 0.00941. The van der Waals surface area contributed by atoms with Crippen molar-refractivity contribution >= 4 is 40.6 Å². The summed E-state index contributed by atoms with van der Waals surface area (Å²) in [6.07, 6.45) is 0. The first-order valence-electron chi connectivity index (χ1n) is 4.19. The summed E-state index contributed by atoms with van der Waals surface area (Å²) in [5.74, 6) is -2.97. The minimum atomic E-state index is -1.71. The number of hydrogen-bond acceptors (Lipinski definition) is 4. The number of carboxylic acid groups (broad SMARTS) is 1. The quantitative estimate of drug-likeness (QED) is 0.394. The molecule has 0 aromatic heterocycles. The van der Waals surface area contributed by atoms with Crippen LogP contribution in [0, 0.1) is 10.1 Å². The SMILES string of the molecule is O=C(O)C(=O)C(Cl)c1ccc(Cl)c([N+](=O)[O-])c1. The molecule has 0 amide bonds. The normalized spacial score (nSPS) is 11.9. The lowest BCUT2D eigenvalue weighted by Crippen LogP contribution is -2.18. The average Bonchev–Trinajstić information content (AvgIpc) is 2.27. The number of ketones is 1. The van der Waals surface area contributed by atoms with Crippen LogP contribution < -0.4 is 0 Å². The van der Waals surface area contributed by atoms with Crippen molar-refractivity contribution in [2.45, 2.75) is 5.38 Å². The molecular weight excluding hydrogens is 273 g/mol. The molecule has 0 radical (unpaired) electrons. The van der Waals surface area contributed by atoms with Gasteiger partial charge in [0, 0.05) is 6.07 Å². The molecule has 1 aromatic carbocycles. The highest BCUT2D eigenvalue weighted by Gasteiger charge is 2.26. The van der Waals surface area contributed by atoms with E-state index in [9.17, 15) is 19.7 Å². The number of Topliss-reactive ketones (excluding diaryl/α,β-unsaturated/α-hetero) is 1. The third-order valence-corrected chi connectivity index (χ3v) is 2.67. The van der Waals surface area contributed by atoms with E-state index in [0.29, 0.717) is 0 Å². The molecule has 0 aliphatic heterocycles. The van der Waals surface area contributed by atoms with Crippen LogP contribution in [0.15, 0.2) is 18.2 Å². The fraction of sp³-hybridized carbons (Fsp3) is 0.111. The van der Waals surface area contributed by atoms with Gasteiger partial charge in [-0.25, -0.2) is 4.79 Å². The molecule has 8 heteroatoms. The zero-order valence-corrected chi connectivity index (χ0v) is 9.60. The molecule has 1 unspecified atom stereocenters. The predicted molar refractivity (Wildman–Crippen MR) is 59.3 cm³/mol. The van der Waals surface area contributed by atoms with Crippen LogP contribution in [0.1, 0.15) is 10.9 Å². The van der Waals surface area contributed by atoms with Gasteiger partial charge in [-0.05, 0) is 11.6 Å². The van der Waals surface area contributed by atoms with Gasteiger partial charge in [-0.15, -0.1) is 11.6 Å². The van der Waals surface area contributed by atoms with E-state index in [1.54, 1.807) is 0 Å². The van der Waals surface area contributed by atoms with E-state index in [1.165, 1.54) is 12.1 Å². The van der Waals surface area contributed by atoms with Gasteiger partial charge >= 0.3 is 5.97 Å². The first kappa shape index (κ1) is 13.4. The highest BCUT2D eigenvalue weighted by atomic mass is 35.5. The third-order valence-electron chi connectivity index (χ3n) is 1.90. The van der Waals surface area contributed by atoms with Crippen LogP contribution in [-0.4, -0.2) is 21.8 Å². The minimum Gasteiger partial charge on any atom is -0.475 e. The molecule has 0 aliphatic carbocycles.